The van der Waals surface area contributed by atoms with Gasteiger partial charge in [0.1, 0.15) is 6.04 Å². The first kappa shape index (κ1) is 13.1. The molecule has 1 fully saturated rings. The molecule has 1 atom stereocenters. The number of imidazole rings is 1. The Hall–Kier alpha value is -1.95. The number of aryl methyl sites for hydroxylation is 1. The van der Waals surface area contributed by atoms with Crippen LogP contribution in [0.1, 0.15) is 24.4 Å². The molecule has 1 aromatic heterocycles. The zero-order valence-corrected chi connectivity index (χ0v) is 12.2. The lowest BCUT2D eigenvalue weighted by Crippen LogP contribution is -2.43. The number of piperidine rings is 1. The van der Waals surface area contributed by atoms with E-state index in [1.54, 1.807) is 0 Å². The highest BCUT2D eigenvalue weighted by molar-refractivity contribution is 7.71. The molecule has 2 heterocycles. The third-order valence-electron chi connectivity index (χ3n) is 3.89. The van der Waals surface area contributed by atoms with Gasteiger partial charge in [0.05, 0.1) is 11.0 Å². The summed E-state index contributed by atoms with van der Waals surface area (Å²) in [7, 11) is 1.53. The first-order chi connectivity index (χ1) is 9.50. The first-order valence-electron chi connectivity index (χ1n) is 6.51. The number of hydrogen-bond acceptors (Lipinski definition) is 3. The minimum Gasteiger partial charge on any atom is -0.330 e. The van der Waals surface area contributed by atoms with Gasteiger partial charge in [-0.15, -0.1) is 0 Å². The average molecular weight is 289 g/mol. The van der Waals surface area contributed by atoms with E-state index in [2.05, 4.69) is 4.98 Å². The molecule has 1 unspecified atom stereocenters. The summed E-state index contributed by atoms with van der Waals surface area (Å²) in [6.07, 6.45) is 0.865. The van der Waals surface area contributed by atoms with Crippen molar-refractivity contribution in [3.63, 3.8) is 0 Å². The molecule has 0 radical (unpaired) electrons. The fourth-order valence-corrected chi connectivity index (χ4v) is 3.07. The molecule has 0 saturated carbocycles. The molecule has 2 amide bonds. The molecule has 1 aromatic carbocycles. The highest BCUT2D eigenvalue weighted by Crippen LogP contribution is 2.28. The van der Waals surface area contributed by atoms with E-state index in [0.717, 1.165) is 16.6 Å². The number of H-pyrrole nitrogens is 1. The van der Waals surface area contributed by atoms with E-state index in [9.17, 15) is 9.59 Å². The van der Waals surface area contributed by atoms with Crippen molar-refractivity contribution in [2.24, 2.45) is 0 Å². The number of imide groups is 1. The Bertz CT molecular complexity index is 774. The second kappa shape index (κ2) is 4.56. The molecule has 2 aromatic rings. The number of nitrogens with zero attached hydrogens (tertiary/aromatic N) is 2. The summed E-state index contributed by atoms with van der Waals surface area (Å²) in [6.45, 7) is 2.00. The lowest BCUT2D eigenvalue weighted by atomic mass is 10.0. The van der Waals surface area contributed by atoms with Gasteiger partial charge in [-0.2, -0.15) is 0 Å². The Morgan fingerprint density at radius 1 is 1.35 bits per heavy atom. The molecule has 1 aliphatic rings. The van der Waals surface area contributed by atoms with Crippen LogP contribution in [-0.4, -0.2) is 33.3 Å². The number of benzene rings is 1. The summed E-state index contributed by atoms with van der Waals surface area (Å²) in [4.78, 5) is 28.3. The Morgan fingerprint density at radius 3 is 2.85 bits per heavy atom. The molecule has 1 aliphatic heterocycles. The topological polar surface area (TPSA) is 58.1 Å². The number of likely N-dealkylation sites (tertiary alicyclic amines) is 1. The standard InChI is InChI=1S/C14H15N3O2S/c1-8-4-3-5-9-12(8)15-14(20)17(9)10-6-7-11(18)16(2)13(10)19/h3-5,10H,6-7H2,1-2H3,(H,15,20). The minimum atomic E-state index is -0.402. The van der Waals surface area contributed by atoms with E-state index >= 15 is 0 Å². The number of likely N-dealkylation sites (N-methyl/N-ethyl adjacent to an activating group) is 1. The van der Waals surface area contributed by atoms with E-state index in [1.165, 1.54) is 11.9 Å². The molecule has 0 bridgehead atoms. The zero-order chi connectivity index (χ0) is 14.4. The van der Waals surface area contributed by atoms with Crippen LogP contribution in [0.5, 0.6) is 0 Å². The van der Waals surface area contributed by atoms with Crippen LogP contribution in [0, 0.1) is 11.7 Å². The lowest BCUT2D eigenvalue weighted by Gasteiger charge is -2.28. The largest absolute Gasteiger partial charge is 0.330 e. The molecule has 0 spiro atoms. The number of nitrogens with one attached hydrogen (secondary N) is 1. The average Bonchev–Trinajstić information content (AvgIpc) is 2.75. The van der Waals surface area contributed by atoms with Gasteiger partial charge in [0.2, 0.25) is 5.91 Å². The molecule has 3 rings (SSSR count). The molecule has 0 aliphatic carbocycles. The normalized spacial score (nSPS) is 19.9. The smallest absolute Gasteiger partial charge is 0.252 e. The summed E-state index contributed by atoms with van der Waals surface area (Å²) in [5, 5.41) is 0. The van der Waals surface area contributed by atoms with Gasteiger partial charge in [0, 0.05) is 13.5 Å². The summed E-state index contributed by atoms with van der Waals surface area (Å²) < 4.78 is 2.36. The molecular formula is C14H15N3O2S. The van der Waals surface area contributed by atoms with Crippen molar-refractivity contribution in [3.05, 3.63) is 28.5 Å². The van der Waals surface area contributed by atoms with Gasteiger partial charge < -0.3 is 9.55 Å². The van der Waals surface area contributed by atoms with Crippen LogP contribution in [0.25, 0.3) is 11.0 Å². The second-order valence-corrected chi connectivity index (χ2v) is 5.50. The predicted octanol–water partition coefficient (Wildman–Crippen LogP) is 2.33. The summed E-state index contributed by atoms with van der Waals surface area (Å²) in [5.74, 6) is -0.325. The number of hydrogen-bond donors (Lipinski definition) is 1. The van der Waals surface area contributed by atoms with Crippen LogP contribution in [0.15, 0.2) is 18.2 Å². The molecule has 104 valence electrons. The van der Waals surface area contributed by atoms with Gasteiger partial charge in [-0.1, -0.05) is 12.1 Å². The summed E-state index contributed by atoms with van der Waals surface area (Å²) in [5.41, 5.74) is 2.95. The molecule has 20 heavy (non-hydrogen) atoms. The number of rotatable bonds is 1. The van der Waals surface area contributed by atoms with Crippen molar-refractivity contribution in [2.45, 2.75) is 25.8 Å². The van der Waals surface area contributed by atoms with E-state index in [-0.39, 0.29) is 11.8 Å². The summed E-state index contributed by atoms with van der Waals surface area (Å²) >= 11 is 5.37. The number of aromatic amines is 1. The quantitative estimate of drug-likeness (QED) is 0.647. The van der Waals surface area contributed by atoms with Gasteiger partial charge in [0.15, 0.2) is 4.77 Å². The Morgan fingerprint density at radius 2 is 2.10 bits per heavy atom. The van der Waals surface area contributed by atoms with Crippen LogP contribution in [0.4, 0.5) is 0 Å². The van der Waals surface area contributed by atoms with Gasteiger partial charge in [0.25, 0.3) is 5.91 Å². The maximum absolute atomic E-state index is 12.3. The monoisotopic (exact) mass is 289 g/mol. The van der Waals surface area contributed by atoms with Crippen LogP contribution < -0.4 is 0 Å². The number of amides is 2. The van der Waals surface area contributed by atoms with Crippen LogP contribution in [-0.2, 0) is 9.59 Å². The van der Waals surface area contributed by atoms with Crippen molar-refractivity contribution in [1.82, 2.24) is 14.5 Å². The third kappa shape index (κ3) is 1.79. The van der Waals surface area contributed by atoms with Crippen LogP contribution in [0.3, 0.4) is 0 Å². The van der Waals surface area contributed by atoms with E-state index in [1.807, 2.05) is 29.7 Å². The van der Waals surface area contributed by atoms with Gasteiger partial charge in [-0.3, -0.25) is 14.5 Å². The minimum absolute atomic E-state index is 0.131. The number of aromatic nitrogens is 2. The SMILES string of the molecule is Cc1cccc2c1[nH]c(=S)n2C1CCC(=O)N(C)C1=O. The molecule has 1 saturated heterocycles. The predicted molar refractivity (Wildman–Crippen MR) is 77.9 cm³/mol. The van der Waals surface area contributed by atoms with Crippen molar-refractivity contribution >= 4 is 35.1 Å². The molecule has 5 nitrogen and oxygen atoms in total. The van der Waals surface area contributed by atoms with Crippen LogP contribution >= 0.6 is 12.2 Å². The first-order valence-corrected chi connectivity index (χ1v) is 6.91. The van der Waals surface area contributed by atoms with Crippen molar-refractivity contribution in [2.75, 3.05) is 7.05 Å². The second-order valence-electron chi connectivity index (χ2n) is 5.11. The lowest BCUT2D eigenvalue weighted by molar-refractivity contribution is -0.149. The van der Waals surface area contributed by atoms with Crippen molar-refractivity contribution in [1.29, 1.82) is 0 Å². The Balaban J connectivity index is 2.18. The van der Waals surface area contributed by atoms with Crippen molar-refractivity contribution in [3.8, 4) is 0 Å². The zero-order valence-electron chi connectivity index (χ0n) is 11.3. The number of carbonyl (C=O) groups excluding carboxylic acids is 2. The Labute approximate surface area is 121 Å². The highest BCUT2D eigenvalue weighted by atomic mass is 32.1. The molecule has 6 heteroatoms. The highest BCUT2D eigenvalue weighted by Gasteiger charge is 2.34. The maximum atomic E-state index is 12.3. The van der Waals surface area contributed by atoms with Crippen molar-refractivity contribution < 1.29 is 9.59 Å². The van der Waals surface area contributed by atoms with Gasteiger partial charge in [-0.25, -0.2) is 0 Å². The fraction of sp³-hybridized carbons (Fsp3) is 0.357. The number of fused-ring (bicyclic) bond motifs is 1. The summed E-state index contributed by atoms with van der Waals surface area (Å²) in [6, 6.07) is 5.48. The number of carbonyl (C=O) groups is 2. The van der Waals surface area contributed by atoms with E-state index in [4.69, 9.17) is 12.2 Å². The van der Waals surface area contributed by atoms with E-state index < -0.39 is 6.04 Å². The van der Waals surface area contributed by atoms with Gasteiger partial charge >= 0.3 is 0 Å². The van der Waals surface area contributed by atoms with Gasteiger partial charge in [-0.05, 0) is 37.2 Å². The molecular weight excluding hydrogens is 274 g/mol. The third-order valence-corrected chi connectivity index (χ3v) is 4.19. The number of para-hydroxylation sites is 1. The van der Waals surface area contributed by atoms with Crippen LogP contribution in [0.2, 0.25) is 0 Å². The van der Waals surface area contributed by atoms with E-state index in [0.29, 0.717) is 17.6 Å². The Kier molecular flexibility index (Phi) is 2.97. The maximum Gasteiger partial charge on any atom is 0.252 e. The molecule has 1 N–H and O–H groups in total. The fourth-order valence-electron chi connectivity index (χ4n) is 2.74.